The number of nitrogens with one attached hydrogen (secondary N) is 2. The number of halogens is 1. The van der Waals surface area contributed by atoms with Crippen molar-refractivity contribution in [2.45, 2.75) is 32.2 Å². The topological polar surface area (TPSA) is 78.4 Å². The molecule has 0 fully saturated rings. The highest BCUT2D eigenvalue weighted by atomic mass is 19.1. The first kappa shape index (κ1) is 18.4. The molecule has 2 aromatic rings. The van der Waals surface area contributed by atoms with Crippen LogP contribution in [0.1, 0.15) is 24.0 Å². The van der Waals surface area contributed by atoms with Crippen LogP contribution in [0, 0.1) is 12.7 Å². The van der Waals surface area contributed by atoms with E-state index >= 15 is 0 Å². The fourth-order valence-electron chi connectivity index (χ4n) is 2.49. The van der Waals surface area contributed by atoms with Crippen LogP contribution >= 0.6 is 0 Å². The van der Waals surface area contributed by atoms with E-state index in [0.29, 0.717) is 6.42 Å². The first-order valence-corrected chi connectivity index (χ1v) is 8.03. The average Bonchev–Trinajstić information content (AvgIpc) is 2.56. The molecule has 2 amide bonds. The summed E-state index contributed by atoms with van der Waals surface area (Å²) in [6.07, 6.45) is 0.725. The maximum atomic E-state index is 13.8. The van der Waals surface area contributed by atoms with Crippen LogP contribution in [0.2, 0.25) is 0 Å². The Labute approximate surface area is 145 Å². The SMILES string of the molecule is Cc1ccc(NC(=O)NC(CCC(=O)O)Cc2ccccc2)c(F)c1. The summed E-state index contributed by atoms with van der Waals surface area (Å²) in [5, 5.41) is 14.1. The second kappa shape index (κ2) is 8.82. The van der Waals surface area contributed by atoms with E-state index in [1.54, 1.807) is 13.0 Å². The molecule has 2 aromatic carbocycles. The normalized spacial score (nSPS) is 11.6. The molecular weight excluding hydrogens is 323 g/mol. The number of anilines is 1. The highest BCUT2D eigenvalue weighted by Gasteiger charge is 2.16. The lowest BCUT2D eigenvalue weighted by molar-refractivity contribution is -0.137. The molecule has 0 aliphatic rings. The van der Waals surface area contributed by atoms with Crippen molar-refractivity contribution in [3.05, 3.63) is 65.5 Å². The van der Waals surface area contributed by atoms with Crippen LogP contribution in [0.15, 0.2) is 48.5 Å². The molecule has 25 heavy (non-hydrogen) atoms. The monoisotopic (exact) mass is 344 g/mol. The lowest BCUT2D eigenvalue weighted by Gasteiger charge is -2.19. The first-order valence-electron chi connectivity index (χ1n) is 8.03. The molecular formula is C19H21FN2O3. The van der Waals surface area contributed by atoms with Crippen molar-refractivity contribution in [3.8, 4) is 0 Å². The van der Waals surface area contributed by atoms with Crippen LogP contribution in [0.3, 0.4) is 0 Å². The Morgan fingerprint density at radius 2 is 1.88 bits per heavy atom. The molecule has 0 heterocycles. The molecule has 2 rings (SSSR count). The number of hydrogen-bond donors (Lipinski definition) is 3. The van der Waals surface area contributed by atoms with Crippen molar-refractivity contribution in [2.75, 3.05) is 5.32 Å². The summed E-state index contributed by atoms with van der Waals surface area (Å²) >= 11 is 0. The van der Waals surface area contributed by atoms with Gasteiger partial charge in [0.1, 0.15) is 5.82 Å². The zero-order valence-corrected chi connectivity index (χ0v) is 14.0. The second-order valence-electron chi connectivity index (χ2n) is 5.90. The summed E-state index contributed by atoms with van der Waals surface area (Å²) in [6, 6.07) is 13.1. The van der Waals surface area contributed by atoms with Crippen molar-refractivity contribution in [3.63, 3.8) is 0 Å². The predicted molar refractivity (Wildman–Crippen MR) is 94.1 cm³/mol. The minimum absolute atomic E-state index is 0.0589. The Balaban J connectivity index is 2.01. The molecule has 0 aromatic heterocycles. The molecule has 0 saturated heterocycles. The van der Waals surface area contributed by atoms with Crippen molar-refractivity contribution in [1.29, 1.82) is 0 Å². The fourth-order valence-corrected chi connectivity index (χ4v) is 2.49. The molecule has 132 valence electrons. The van der Waals surface area contributed by atoms with Gasteiger partial charge in [0, 0.05) is 12.5 Å². The van der Waals surface area contributed by atoms with Crippen molar-refractivity contribution in [1.82, 2.24) is 5.32 Å². The van der Waals surface area contributed by atoms with Gasteiger partial charge in [0.05, 0.1) is 5.69 Å². The van der Waals surface area contributed by atoms with Gasteiger partial charge in [0.15, 0.2) is 0 Å². The molecule has 3 N–H and O–H groups in total. The van der Waals surface area contributed by atoms with Crippen molar-refractivity contribution < 1.29 is 19.1 Å². The van der Waals surface area contributed by atoms with E-state index in [9.17, 15) is 14.0 Å². The van der Waals surface area contributed by atoms with Crippen LogP contribution in [-0.4, -0.2) is 23.1 Å². The standard InChI is InChI=1S/C19H21FN2O3/c1-13-7-9-17(16(20)11-13)22-19(25)21-15(8-10-18(23)24)12-14-5-3-2-4-6-14/h2-7,9,11,15H,8,10,12H2,1H3,(H,23,24)(H2,21,22,25). The lowest BCUT2D eigenvalue weighted by Crippen LogP contribution is -2.39. The van der Waals surface area contributed by atoms with Gasteiger partial charge in [0.2, 0.25) is 0 Å². The summed E-state index contributed by atoms with van der Waals surface area (Å²) < 4.78 is 13.8. The summed E-state index contributed by atoms with van der Waals surface area (Å²) in [4.78, 5) is 23.0. The second-order valence-corrected chi connectivity index (χ2v) is 5.90. The Hall–Kier alpha value is -2.89. The molecule has 0 aliphatic carbocycles. The largest absolute Gasteiger partial charge is 0.481 e. The van der Waals surface area contributed by atoms with Crippen molar-refractivity contribution >= 4 is 17.7 Å². The molecule has 0 radical (unpaired) electrons. The number of benzene rings is 2. The van der Waals surface area contributed by atoms with E-state index in [4.69, 9.17) is 5.11 Å². The Morgan fingerprint density at radius 1 is 1.16 bits per heavy atom. The molecule has 0 bridgehead atoms. The van der Waals surface area contributed by atoms with Gasteiger partial charge in [0.25, 0.3) is 0 Å². The zero-order valence-electron chi connectivity index (χ0n) is 14.0. The first-order chi connectivity index (χ1) is 11.9. The van der Waals surface area contributed by atoms with E-state index in [2.05, 4.69) is 10.6 Å². The maximum absolute atomic E-state index is 13.8. The number of aryl methyl sites for hydroxylation is 1. The molecule has 1 atom stereocenters. The average molecular weight is 344 g/mol. The van der Waals surface area contributed by atoms with Gasteiger partial charge in [-0.15, -0.1) is 0 Å². The van der Waals surface area contributed by atoms with Crippen LogP contribution in [0.4, 0.5) is 14.9 Å². The minimum atomic E-state index is -0.926. The summed E-state index contributed by atoms with van der Waals surface area (Å²) in [7, 11) is 0. The third-order valence-electron chi connectivity index (χ3n) is 3.74. The highest BCUT2D eigenvalue weighted by molar-refractivity contribution is 5.89. The predicted octanol–water partition coefficient (Wildman–Crippen LogP) is 3.73. The number of urea groups is 1. The molecule has 0 spiro atoms. The Morgan fingerprint density at radius 3 is 2.52 bits per heavy atom. The van der Waals surface area contributed by atoms with Gasteiger partial charge < -0.3 is 15.7 Å². The van der Waals surface area contributed by atoms with Crippen LogP contribution in [-0.2, 0) is 11.2 Å². The van der Waals surface area contributed by atoms with Crippen molar-refractivity contribution in [2.24, 2.45) is 0 Å². The van der Waals surface area contributed by atoms with E-state index in [1.807, 2.05) is 30.3 Å². The van der Waals surface area contributed by atoms with E-state index in [0.717, 1.165) is 11.1 Å². The van der Waals surface area contributed by atoms with E-state index in [1.165, 1.54) is 12.1 Å². The number of carboxylic acid groups (broad SMARTS) is 1. The van der Waals surface area contributed by atoms with Gasteiger partial charge in [-0.3, -0.25) is 4.79 Å². The lowest BCUT2D eigenvalue weighted by atomic mass is 10.0. The third-order valence-corrected chi connectivity index (χ3v) is 3.74. The van der Waals surface area contributed by atoms with Gasteiger partial charge in [-0.05, 0) is 43.0 Å². The quantitative estimate of drug-likeness (QED) is 0.716. The van der Waals surface area contributed by atoms with Crippen LogP contribution < -0.4 is 10.6 Å². The van der Waals surface area contributed by atoms with E-state index < -0.39 is 17.8 Å². The molecule has 5 nitrogen and oxygen atoms in total. The zero-order chi connectivity index (χ0) is 18.2. The van der Waals surface area contributed by atoms with Gasteiger partial charge >= 0.3 is 12.0 Å². The Kier molecular flexibility index (Phi) is 6.51. The smallest absolute Gasteiger partial charge is 0.319 e. The Bertz CT molecular complexity index is 735. The molecule has 0 saturated carbocycles. The number of carbonyl (C=O) groups excluding carboxylic acids is 1. The number of amides is 2. The number of rotatable bonds is 7. The van der Waals surface area contributed by atoms with Gasteiger partial charge in [-0.2, -0.15) is 0 Å². The molecule has 1 unspecified atom stereocenters. The maximum Gasteiger partial charge on any atom is 0.319 e. The summed E-state index contributed by atoms with van der Waals surface area (Å²) in [5.41, 5.74) is 1.83. The third kappa shape index (κ3) is 6.25. The van der Waals surface area contributed by atoms with E-state index in [-0.39, 0.29) is 24.6 Å². The van der Waals surface area contributed by atoms with Gasteiger partial charge in [-0.25, -0.2) is 9.18 Å². The number of hydrogen-bond acceptors (Lipinski definition) is 2. The molecule has 6 heteroatoms. The number of carbonyl (C=O) groups is 2. The highest BCUT2D eigenvalue weighted by Crippen LogP contribution is 2.15. The number of aliphatic carboxylic acids is 1. The minimum Gasteiger partial charge on any atom is -0.481 e. The van der Waals surface area contributed by atoms with Crippen LogP contribution in [0.25, 0.3) is 0 Å². The number of carboxylic acids is 1. The summed E-state index contributed by atoms with van der Waals surface area (Å²) in [5.74, 6) is -1.44. The fraction of sp³-hybridized carbons (Fsp3) is 0.263. The molecule has 0 aliphatic heterocycles. The van der Waals surface area contributed by atoms with Crippen LogP contribution in [0.5, 0.6) is 0 Å². The van der Waals surface area contributed by atoms with Gasteiger partial charge in [-0.1, -0.05) is 36.4 Å². The summed E-state index contributed by atoms with van der Waals surface area (Å²) in [6.45, 7) is 1.76.